The summed E-state index contributed by atoms with van der Waals surface area (Å²) in [7, 11) is 0. The third-order valence-electron chi connectivity index (χ3n) is 12.5. The van der Waals surface area contributed by atoms with Gasteiger partial charge in [0.2, 0.25) is 0 Å². The van der Waals surface area contributed by atoms with Crippen LogP contribution in [0.25, 0.3) is 117 Å². The van der Waals surface area contributed by atoms with Crippen LogP contribution in [-0.2, 0) is 0 Å². The van der Waals surface area contributed by atoms with Crippen LogP contribution in [-0.4, -0.2) is 28.7 Å². The highest BCUT2D eigenvalue weighted by molar-refractivity contribution is 6.26. The summed E-state index contributed by atoms with van der Waals surface area (Å²) in [6.45, 7) is 0. The molecular weight excluding hydrogens is 769 g/mol. The van der Waals surface area contributed by atoms with E-state index in [1.165, 1.54) is 32.6 Å². The first-order chi connectivity index (χ1) is 31.3. The zero-order valence-corrected chi connectivity index (χ0v) is 34.0. The summed E-state index contributed by atoms with van der Waals surface area (Å²) in [5.41, 5.74) is 13.0. The van der Waals surface area contributed by atoms with E-state index in [0.717, 1.165) is 66.6 Å². The van der Waals surface area contributed by atoms with Crippen LogP contribution in [0.4, 0.5) is 0 Å². The van der Waals surface area contributed by atoms with Crippen molar-refractivity contribution in [2.45, 2.75) is 0 Å². The number of aromatic nitrogens is 6. The molecule has 294 valence electrons. The Bertz CT molecular complexity index is 3830. The van der Waals surface area contributed by atoms with Crippen LogP contribution in [0.5, 0.6) is 0 Å². The Balaban J connectivity index is 1.12. The first kappa shape index (κ1) is 35.2. The third-order valence-corrected chi connectivity index (χ3v) is 12.5. The molecule has 13 aromatic rings. The molecule has 0 saturated carbocycles. The van der Waals surface area contributed by atoms with Crippen molar-refractivity contribution in [1.82, 2.24) is 28.7 Å². The highest BCUT2D eigenvalue weighted by Gasteiger charge is 2.23. The van der Waals surface area contributed by atoms with E-state index in [-0.39, 0.29) is 0 Å². The van der Waals surface area contributed by atoms with Crippen molar-refractivity contribution in [2.75, 3.05) is 0 Å². The molecule has 0 radical (unpaired) electrons. The molecule has 9 aromatic carbocycles. The molecule has 0 bridgehead atoms. The average Bonchev–Trinajstić information content (AvgIpc) is 4.00. The topological polar surface area (TPSA) is 53.5 Å². The molecule has 0 amide bonds. The summed E-state index contributed by atoms with van der Waals surface area (Å²) in [6, 6.07) is 77.4. The second-order valence-corrected chi connectivity index (χ2v) is 16.0. The molecule has 0 aliphatic heterocycles. The van der Waals surface area contributed by atoms with Crippen molar-refractivity contribution in [3.05, 3.63) is 218 Å². The second-order valence-electron chi connectivity index (χ2n) is 16.0. The first-order valence-electron chi connectivity index (χ1n) is 21.3. The van der Waals surface area contributed by atoms with Gasteiger partial charge in [0.05, 0.1) is 33.1 Å². The fourth-order valence-electron chi connectivity index (χ4n) is 9.72. The van der Waals surface area contributed by atoms with Gasteiger partial charge < -0.3 is 13.7 Å². The first-order valence-corrected chi connectivity index (χ1v) is 21.3. The molecule has 63 heavy (non-hydrogen) atoms. The summed E-state index contributed by atoms with van der Waals surface area (Å²) in [5.74, 6) is 1.90. The lowest BCUT2D eigenvalue weighted by Gasteiger charge is -2.11. The fourth-order valence-corrected chi connectivity index (χ4v) is 9.72. The van der Waals surface area contributed by atoms with Gasteiger partial charge in [-0.05, 0) is 78.9 Å². The lowest BCUT2D eigenvalue weighted by atomic mass is 10.1. The molecule has 6 heteroatoms. The second kappa shape index (κ2) is 14.0. The van der Waals surface area contributed by atoms with Gasteiger partial charge in [-0.2, -0.15) is 0 Å². The third kappa shape index (κ3) is 5.48. The Labute approximate surface area is 362 Å². The van der Waals surface area contributed by atoms with Crippen LogP contribution < -0.4 is 0 Å². The predicted octanol–water partition coefficient (Wildman–Crippen LogP) is 14.2. The largest absolute Gasteiger partial charge is 0.309 e. The molecule has 4 aromatic heterocycles. The quantitative estimate of drug-likeness (QED) is 0.168. The molecule has 13 rings (SSSR count). The van der Waals surface area contributed by atoms with E-state index in [4.69, 9.17) is 15.0 Å². The maximum absolute atomic E-state index is 5.15. The molecule has 6 nitrogen and oxygen atoms in total. The lowest BCUT2D eigenvalue weighted by Crippen LogP contribution is -2.00. The number of nitrogens with zero attached hydrogens (tertiary/aromatic N) is 6. The van der Waals surface area contributed by atoms with Crippen LogP contribution in [0, 0.1) is 0 Å². The number of hydrogen-bond donors (Lipinski definition) is 0. The van der Waals surface area contributed by atoms with Gasteiger partial charge in [0.15, 0.2) is 17.5 Å². The molecule has 0 fully saturated rings. The van der Waals surface area contributed by atoms with Crippen LogP contribution in [0.15, 0.2) is 218 Å². The number of benzene rings is 9. The number of fused-ring (bicyclic) bond motifs is 10. The van der Waals surface area contributed by atoms with Crippen LogP contribution in [0.1, 0.15) is 0 Å². The minimum absolute atomic E-state index is 0.623. The van der Waals surface area contributed by atoms with E-state index >= 15 is 0 Å². The number of hydrogen-bond acceptors (Lipinski definition) is 3. The summed E-state index contributed by atoms with van der Waals surface area (Å²) < 4.78 is 7.25. The summed E-state index contributed by atoms with van der Waals surface area (Å²) in [6.07, 6.45) is 0. The highest BCUT2D eigenvalue weighted by atomic mass is 15.0. The van der Waals surface area contributed by atoms with Gasteiger partial charge in [0.25, 0.3) is 0 Å². The zero-order valence-electron chi connectivity index (χ0n) is 34.0. The summed E-state index contributed by atoms with van der Waals surface area (Å²) >= 11 is 0. The van der Waals surface area contributed by atoms with Gasteiger partial charge in [0.1, 0.15) is 0 Å². The lowest BCUT2D eigenvalue weighted by molar-refractivity contribution is 1.07. The fraction of sp³-hybridized carbons (Fsp3) is 0. The zero-order chi connectivity index (χ0) is 41.4. The van der Waals surface area contributed by atoms with Crippen LogP contribution in [0.2, 0.25) is 0 Å². The van der Waals surface area contributed by atoms with Gasteiger partial charge in [-0.15, -0.1) is 0 Å². The number of para-hydroxylation sites is 4. The molecule has 4 heterocycles. The van der Waals surface area contributed by atoms with Crippen molar-refractivity contribution in [3.8, 4) is 51.2 Å². The van der Waals surface area contributed by atoms with Gasteiger partial charge in [-0.25, -0.2) is 15.0 Å². The maximum atomic E-state index is 5.15. The smallest absolute Gasteiger partial charge is 0.164 e. The van der Waals surface area contributed by atoms with E-state index in [1.54, 1.807) is 0 Å². The Morgan fingerprint density at radius 3 is 1.32 bits per heavy atom. The Morgan fingerprint density at radius 1 is 0.254 bits per heavy atom. The minimum atomic E-state index is 0.623. The van der Waals surface area contributed by atoms with Crippen molar-refractivity contribution in [1.29, 1.82) is 0 Å². The monoisotopic (exact) mass is 804 g/mol. The molecule has 0 spiro atoms. The summed E-state index contributed by atoms with van der Waals surface area (Å²) in [4.78, 5) is 15.3. The highest BCUT2D eigenvalue weighted by Crippen LogP contribution is 2.44. The van der Waals surface area contributed by atoms with E-state index in [0.29, 0.717) is 17.5 Å². The van der Waals surface area contributed by atoms with Crippen molar-refractivity contribution in [3.63, 3.8) is 0 Å². The maximum Gasteiger partial charge on any atom is 0.164 e. The van der Waals surface area contributed by atoms with Crippen molar-refractivity contribution < 1.29 is 0 Å². The molecule has 0 aliphatic carbocycles. The number of rotatable bonds is 6. The summed E-state index contributed by atoms with van der Waals surface area (Å²) in [5, 5.41) is 7.10. The minimum Gasteiger partial charge on any atom is -0.309 e. The van der Waals surface area contributed by atoms with Gasteiger partial charge >= 0.3 is 0 Å². The molecule has 0 unspecified atom stereocenters. The van der Waals surface area contributed by atoms with Crippen molar-refractivity contribution in [2.24, 2.45) is 0 Å². The van der Waals surface area contributed by atoms with E-state index < -0.39 is 0 Å². The van der Waals surface area contributed by atoms with Crippen LogP contribution in [0.3, 0.4) is 0 Å². The Kier molecular flexibility index (Phi) is 7.80. The van der Waals surface area contributed by atoms with Crippen molar-refractivity contribution >= 4 is 65.4 Å². The molecule has 0 saturated heterocycles. The molecule has 0 aliphatic rings. The van der Waals surface area contributed by atoms with E-state index in [2.05, 4.69) is 196 Å². The SMILES string of the molecule is c1ccc(-c2nc(-c3ccccc3)nc(-c3ccc4c(c3)c3c(ccc5c6ccccc6n(-c6ccc7c(c6)c6ccccc6n7-c6ccccc6)c53)n4-c3ccccc3)n2)cc1. The molecule has 0 N–H and O–H groups in total. The Hall–Kier alpha value is -8.61. The van der Waals surface area contributed by atoms with Gasteiger partial charge in [-0.3, -0.25) is 0 Å². The molecular formula is C57H36N6. The predicted molar refractivity (Wildman–Crippen MR) is 259 cm³/mol. The average molecular weight is 805 g/mol. The van der Waals surface area contributed by atoms with Gasteiger partial charge in [0, 0.05) is 66.1 Å². The van der Waals surface area contributed by atoms with E-state index in [9.17, 15) is 0 Å². The Morgan fingerprint density at radius 2 is 0.698 bits per heavy atom. The standard InChI is InChI=1S/C57H36N6/c1-5-17-37(18-6-1)55-58-56(38-19-7-2-8-20-38)60-57(59-55)39-29-32-51-47(35-39)53-52(62(51)41-23-11-4-12-24-41)34-31-45-43-25-13-16-28-49(43)63(54(45)53)42-30-33-50-46(36-42)44-26-14-15-27-48(44)61(50)40-21-9-3-10-22-40/h1-36H. The van der Waals surface area contributed by atoms with Crippen LogP contribution >= 0.6 is 0 Å². The normalized spacial score (nSPS) is 11.8. The molecule has 0 atom stereocenters. The van der Waals surface area contributed by atoms with E-state index in [1.807, 2.05) is 36.4 Å². The van der Waals surface area contributed by atoms with Gasteiger partial charge in [-0.1, -0.05) is 140 Å².